The maximum Gasteiger partial charge on any atom is 0.161 e. The third-order valence-corrected chi connectivity index (χ3v) is 13.2. The fourth-order valence-corrected chi connectivity index (χ4v) is 10.5. The normalized spacial score (nSPS) is 14.9. The van der Waals surface area contributed by atoms with Crippen molar-refractivity contribution in [2.24, 2.45) is 9.98 Å². The minimum atomic E-state index is -0.716. The third-order valence-electron chi connectivity index (χ3n) is 10.5. The third kappa shape index (κ3) is 5.52. The molecule has 8 aromatic rings. The van der Waals surface area contributed by atoms with E-state index in [9.17, 15) is 0 Å². The van der Waals surface area contributed by atoms with E-state index in [4.69, 9.17) is 14.4 Å². The molecule has 1 aliphatic carbocycles. The van der Waals surface area contributed by atoms with Crippen LogP contribution in [0.5, 0.6) is 0 Å². The van der Waals surface area contributed by atoms with E-state index in [2.05, 4.69) is 159 Å². The Bertz CT molecular complexity index is 2890. The molecule has 0 bridgehead atoms. The number of aromatic nitrogens is 1. The van der Waals surface area contributed by atoms with Crippen LogP contribution in [0.2, 0.25) is 0 Å². The first-order valence-electron chi connectivity index (χ1n) is 18.6. The van der Waals surface area contributed by atoms with Crippen LogP contribution in [0, 0.1) is 0 Å². The minimum absolute atomic E-state index is 0.0570. The van der Waals surface area contributed by atoms with Crippen molar-refractivity contribution in [3.05, 3.63) is 180 Å². The lowest BCUT2D eigenvalue weighted by Gasteiger charge is -2.25. The molecule has 2 aliphatic rings. The molecule has 0 saturated carbocycles. The first-order chi connectivity index (χ1) is 26.4. The van der Waals surface area contributed by atoms with Crippen molar-refractivity contribution in [3.63, 3.8) is 0 Å². The topological polar surface area (TPSA) is 42.8 Å². The number of aliphatic imine (C=N–C) groups is 2. The monoisotopic (exact) mass is 811 g/mol. The predicted octanol–water partition coefficient (Wildman–Crippen LogP) is 13.1. The maximum atomic E-state index is 7.21. The second kappa shape index (κ2) is 13.0. The van der Waals surface area contributed by atoms with Gasteiger partial charge in [-0.1, -0.05) is 136 Å². The molecule has 5 heteroatoms. The summed E-state index contributed by atoms with van der Waals surface area (Å²) in [4.78, 5) is 10.4. The van der Waals surface area contributed by atoms with Gasteiger partial charge in [0.05, 0.1) is 11.0 Å². The molecule has 3 heterocycles. The van der Waals surface area contributed by atoms with Crippen molar-refractivity contribution in [3.8, 4) is 5.69 Å². The van der Waals surface area contributed by atoms with Gasteiger partial charge in [0.2, 0.25) is 0 Å². The van der Waals surface area contributed by atoms with E-state index in [0.717, 1.165) is 75.9 Å². The fourth-order valence-electron chi connectivity index (χ4n) is 7.94. The average Bonchev–Trinajstić information content (AvgIpc) is 3.77. The summed E-state index contributed by atoms with van der Waals surface area (Å²) in [5.74, 6) is 0.739. The van der Waals surface area contributed by atoms with Crippen molar-refractivity contribution < 1.29 is 4.42 Å². The molecule has 0 radical (unpaired) electrons. The summed E-state index contributed by atoms with van der Waals surface area (Å²) in [5, 5.41) is 4.62. The summed E-state index contributed by atoms with van der Waals surface area (Å²) < 4.78 is 11.8. The first-order valence-corrected chi connectivity index (χ1v) is 20.8. The van der Waals surface area contributed by atoms with Crippen LogP contribution in [-0.4, -0.2) is 17.8 Å². The summed E-state index contributed by atoms with van der Waals surface area (Å²) >= 11 is -0.716. The van der Waals surface area contributed by atoms with Crippen molar-refractivity contribution in [2.45, 2.75) is 39.0 Å². The molecule has 0 amide bonds. The van der Waals surface area contributed by atoms with Gasteiger partial charge >= 0.3 is 0 Å². The number of furan rings is 1. The number of fused-ring (bicyclic) bond motifs is 7. The zero-order valence-corrected chi connectivity index (χ0v) is 32.6. The molecule has 4 nitrogen and oxygen atoms in total. The molecular weight excluding hydrogens is 773 g/mol. The van der Waals surface area contributed by atoms with Gasteiger partial charge in [-0.05, 0) is 92.1 Å². The highest BCUT2D eigenvalue weighted by molar-refractivity contribution is 14.2. The van der Waals surface area contributed by atoms with Crippen LogP contribution < -0.4 is 0 Å². The van der Waals surface area contributed by atoms with Crippen molar-refractivity contribution >= 4 is 83.2 Å². The van der Waals surface area contributed by atoms with E-state index in [1.54, 1.807) is 0 Å². The Morgan fingerprint density at radius 2 is 1.33 bits per heavy atom. The number of benzene rings is 6. The van der Waals surface area contributed by atoms with E-state index in [0.29, 0.717) is 0 Å². The summed E-state index contributed by atoms with van der Waals surface area (Å²) in [6.45, 7) is 6.97. The lowest BCUT2D eigenvalue weighted by molar-refractivity contribution is 0.589. The molecule has 0 N–H and O–H groups in total. The van der Waals surface area contributed by atoms with Gasteiger partial charge in [-0.15, -0.1) is 0 Å². The Morgan fingerprint density at radius 1 is 0.630 bits per heavy atom. The van der Waals surface area contributed by atoms with Gasteiger partial charge in [-0.3, -0.25) is 0 Å². The quantitative estimate of drug-likeness (QED) is 0.160. The van der Waals surface area contributed by atoms with Crippen LogP contribution in [0.1, 0.15) is 61.4 Å². The molecule has 10 rings (SSSR count). The van der Waals surface area contributed by atoms with E-state index >= 15 is 0 Å². The van der Waals surface area contributed by atoms with Crippen molar-refractivity contribution in [2.75, 3.05) is 0 Å². The Balaban J connectivity index is 1.26. The molecule has 2 aromatic heterocycles. The largest absolute Gasteiger partial charge is 0.453 e. The van der Waals surface area contributed by atoms with Crippen molar-refractivity contribution in [1.82, 2.24) is 4.57 Å². The molecule has 6 aromatic carbocycles. The number of allylic oxidation sites excluding steroid dienone is 4. The molecule has 0 saturated heterocycles. The van der Waals surface area contributed by atoms with E-state index in [1.165, 1.54) is 33.0 Å². The first kappa shape index (κ1) is 32.9. The fraction of sp³-hybridized carbons (Fsp3) is 0.122. The van der Waals surface area contributed by atoms with Gasteiger partial charge in [0.25, 0.3) is 0 Å². The van der Waals surface area contributed by atoms with Crippen LogP contribution in [0.25, 0.3) is 55.0 Å². The van der Waals surface area contributed by atoms with E-state index < -0.39 is 20.7 Å². The number of hydrogen-bond donors (Lipinski definition) is 0. The van der Waals surface area contributed by atoms with Gasteiger partial charge < -0.3 is 8.98 Å². The van der Waals surface area contributed by atoms with Crippen LogP contribution >= 0.6 is 20.7 Å². The average molecular weight is 812 g/mol. The molecule has 0 spiro atoms. The molecular formula is C49H38IN3O. The highest BCUT2D eigenvalue weighted by Gasteiger charge is 2.26. The molecule has 0 atom stereocenters. The van der Waals surface area contributed by atoms with Crippen LogP contribution in [0.15, 0.2) is 166 Å². The highest BCUT2D eigenvalue weighted by atomic mass is 127. The summed E-state index contributed by atoms with van der Waals surface area (Å²) in [6.07, 6.45) is 9.18. The second-order valence-electron chi connectivity index (χ2n) is 15.1. The van der Waals surface area contributed by atoms with Crippen LogP contribution in [0.3, 0.4) is 0 Å². The smallest absolute Gasteiger partial charge is 0.161 e. The maximum absolute atomic E-state index is 7.21. The summed E-state index contributed by atoms with van der Waals surface area (Å²) in [6, 6.07) is 47.5. The Hall–Kier alpha value is -5.66. The van der Waals surface area contributed by atoms with Crippen LogP contribution in [-0.2, 0) is 5.41 Å². The molecule has 0 fully saturated rings. The summed E-state index contributed by atoms with van der Waals surface area (Å²) in [7, 11) is 0. The molecule has 54 heavy (non-hydrogen) atoms. The number of hydrogen-bond acceptors (Lipinski definition) is 3. The Kier molecular flexibility index (Phi) is 7.95. The number of halogens is 1. The van der Waals surface area contributed by atoms with Gasteiger partial charge in [0.1, 0.15) is 12.9 Å². The molecule has 262 valence electrons. The van der Waals surface area contributed by atoms with E-state index in [1.807, 2.05) is 18.2 Å². The van der Waals surface area contributed by atoms with E-state index in [-0.39, 0.29) is 5.41 Å². The second-order valence-corrected chi connectivity index (χ2v) is 17.6. The zero-order chi connectivity index (χ0) is 36.4. The lowest BCUT2D eigenvalue weighted by Crippen LogP contribution is -2.14. The number of amidine groups is 1. The lowest BCUT2D eigenvalue weighted by atomic mass is 9.80. The number of nitrogens with zero attached hydrogens (tertiary/aromatic N) is 3. The molecule has 0 unspecified atom stereocenters. The van der Waals surface area contributed by atoms with Gasteiger partial charge in [0, 0.05) is 43.9 Å². The number of rotatable bonds is 5. The Labute approximate surface area is 324 Å². The van der Waals surface area contributed by atoms with Crippen molar-refractivity contribution in [1.29, 1.82) is 0 Å². The number of para-hydroxylation sites is 2. The standard InChI is InChI=1S/C49H38IN3O/c1-49(2,3)41-30-42-40(29-39(41)31-17-8-4-9-18-31)35-27-28-37-36-25-16-26-38(44(36)54-45(37)43(35)53(42)34-23-14-7-15-24-34)47-50-46(32-19-10-5-11-20-32)51-48(52-47)33-21-12-6-13-22-33/h5-8,10-30H,4,9H2,1-3H3. The van der Waals surface area contributed by atoms with Gasteiger partial charge in [-0.2, -0.15) is 0 Å². The predicted molar refractivity (Wildman–Crippen MR) is 237 cm³/mol. The highest BCUT2D eigenvalue weighted by Crippen LogP contribution is 2.44. The SMILES string of the molecule is CC(C)(C)c1cc2c(cc1C1=CCCC=C1)c1ccc3c4cccc(C5=NC(c6ccccc6)=NC(c6ccccc6)=I5)c4oc3c1n2-c1ccccc1. The Morgan fingerprint density at radius 3 is 2.06 bits per heavy atom. The van der Waals surface area contributed by atoms with Crippen LogP contribution in [0.4, 0.5) is 0 Å². The molecule has 1 aliphatic heterocycles. The van der Waals surface area contributed by atoms with Gasteiger partial charge in [-0.25, -0.2) is 9.98 Å². The zero-order valence-electron chi connectivity index (χ0n) is 30.5. The summed E-state index contributed by atoms with van der Waals surface area (Å²) in [5.41, 5.74) is 12.3. The minimum Gasteiger partial charge on any atom is -0.453 e. The van der Waals surface area contributed by atoms with Gasteiger partial charge in [0.15, 0.2) is 11.4 Å².